The first-order chi connectivity index (χ1) is 12.9. The van der Waals surface area contributed by atoms with Gasteiger partial charge in [-0.2, -0.15) is 0 Å². The van der Waals surface area contributed by atoms with Gasteiger partial charge < -0.3 is 10.1 Å². The van der Waals surface area contributed by atoms with Crippen molar-refractivity contribution in [1.29, 1.82) is 0 Å². The second-order valence-electron chi connectivity index (χ2n) is 6.27. The fourth-order valence-corrected chi connectivity index (χ4v) is 3.45. The number of nitrogens with one attached hydrogen (secondary N) is 1. The fourth-order valence-electron chi connectivity index (χ4n) is 2.60. The Morgan fingerprint density at radius 3 is 2.26 bits per heavy atom. The van der Waals surface area contributed by atoms with Crippen molar-refractivity contribution in [1.82, 2.24) is 9.62 Å². The molecular weight excluding hydrogens is 364 g/mol. The van der Waals surface area contributed by atoms with Crippen LogP contribution in [0.5, 0.6) is 5.75 Å². The summed E-state index contributed by atoms with van der Waals surface area (Å²) in [5, 5.41) is 2.82. The van der Waals surface area contributed by atoms with Gasteiger partial charge in [0.15, 0.2) is 0 Å². The van der Waals surface area contributed by atoms with Crippen LogP contribution >= 0.6 is 0 Å². The van der Waals surface area contributed by atoms with E-state index in [4.69, 9.17) is 4.74 Å². The number of methoxy groups -OCH3 is 1. The van der Waals surface area contributed by atoms with E-state index in [1.807, 2.05) is 54.6 Å². The van der Waals surface area contributed by atoms with Crippen LogP contribution < -0.4 is 10.1 Å². The summed E-state index contributed by atoms with van der Waals surface area (Å²) in [4.78, 5) is 12.0. The molecule has 2 rings (SSSR count). The summed E-state index contributed by atoms with van der Waals surface area (Å²) in [6.07, 6.45) is 1.87. The summed E-state index contributed by atoms with van der Waals surface area (Å²) in [5.74, 6) is 0.589. The van der Waals surface area contributed by atoms with Crippen LogP contribution in [-0.4, -0.2) is 45.1 Å². The third-order valence-electron chi connectivity index (χ3n) is 4.20. The number of hydrogen-bond donors (Lipinski definition) is 1. The van der Waals surface area contributed by atoms with E-state index in [1.54, 1.807) is 7.11 Å². The van der Waals surface area contributed by atoms with Crippen molar-refractivity contribution in [2.24, 2.45) is 0 Å². The molecule has 27 heavy (non-hydrogen) atoms. The van der Waals surface area contributed by atoms with E-state index in [1.165, 1.54) is 10.6 Å². The lowest BCUT2D eigenvalue weighted by atomic mass is 10.1. The van der Waals surface area contributed by atoms with E-state index < -0.39 is 10.0 Å². The second kappa shape index (κ2) is 10.1. The number of amides is 1. The van der Waals surface area contributed by atoms with E-state index >= 15 is 0 Å². The minimum absolute atomic E-state index is 0.127. The predicted octanol–water partition coefficient (Wildman–Crippen LogP) is 2.21. The lowest BCUT2D eigenvalue weighted by molar-refractivity contribution is -0.121. The molecule has 0 fully saturated rings. The number of ether oxygens (including phenoxy) is 1. The van der Waals surface area contributed by atoms with Crippen molar-refractivity contribution in [2.45, 2.75) is 19.4 Å². The van der Waals surface area contributed by atoms with Gasteiger partial charge in [-0.1, -0.05) is 42.5 Å². The van der Waals surface area contributed by atoms with Crippen molar-refractivity contribution < 1.29 is 17.9 Å². The highest BCUT2D eigenvalue weighted by molar-refractivity contribution is 7.88. The van der Waals surface area contributed by atoms with Gasteiger partial charge in [-0.15, -0.1) is 0 Å². The van der Waals surface area contributed by atoms with Crippen LogP contribution in [0.25, 0.3) is 0 Å². The molecule has 0 aliphatic carbocycles. The van der Waals surface area contributed by atoms with E-state index in [-0.39, 0.29) is 18.9 Å². The largest absolute Gasteiger partial charge is 0.497 e. The molecule has 2 aromatic rings. The summed E-state index contributed by atoms with van der Waals surface area (Å²) in [5.41, 5.74) is 2.02. The maximum atomic E-state index is 12.0. The molecule has 146 valence electrons. The average Bonchev–Trinajstić information content (AvgIpc) is 2.66. The Morgan fingerprint density at radius 1 is 1.00 bits per heavy atom. The molecule has 1 N–H and O–H groups in total. The van der Waals surface area contributed by atoms with Gasteiger partial charge in [0, 0.05) is 26.1 Å². The standard InChI is InChI=1S/C20H26N2O4S/c1-26-19-10-8-17(9-11-19)12-14-22(27(2,24)25)15-13-20(23)21-16-18-6-4-3-5-7-18/h3-11H,12-16H2,1-2H3,(H,21,23). The van der Waals surface area contributed by atoms with Crippen LogP contribution in [0, 0.1) is 0 Å². The van der Waals surface area contributed by atoms with Crippen molar-refractivity contribution >= 4 is 15.9 Å². The van der Waals surface area contributed by atoms with E-state index in [9.17, 15) is 13.2 Å². The normalized spacial score (nSPS) is 11.4. The van der Waals surface area contributed by atoms with Crippen molar-refractivity contribution in [2.75, 3.05) is 26.5 Å². The highest BCUT2D eigenvalue weighted by atomic mass is 32.2. The van der Waals surface area contributed by atoms with Crippen LogP contribution in [0.2, 0.25) is 0 Å². The number of nitrogens with zero attached hydrogens (tertiary/aromatic N) is 1. The van der Waals surface area contributed by atoms with Crippen LogP contribution in [0.4, 0.5) is 0 Å². The molecule has 0 unspecified atom stereocenters. The van der Waals surface area contributed by atoms with Gasteiger partial charge in [0.2, 0.25) is 15.9 Å². The SMILES string of the molecule is COc1ccc(CCN(CCC(=O)NCc2ccccc2)S(C)(=O)=O)cc1. The molecule has 0 spiro atoms. The zero-order valence-electron chi connectivity index (χ0n) is 15.7. The molecular formula is C20H26N2O4S. The first-order valence-electron chi connectivity index (χ1n) is 8.77. The minimum Gasteiger partial charge on any atom is -0.497 e. The van der Waals surface area contributed by atoms with Gasteiger partial charge in [0.25, 0.3) is 0 Å². The number of carbonyl (C=O) groups is 1. The smallest absolute Gasteiger partial charge is 0.221 e. The van der Waals surface area contributed by atoms with Crippen molar-refractivity contribution in [3.8, 4) is 5.75 Å². The van der Waals surface area contributed by atoms with Gasteiger partial charge in [0.1, 0.15) is 5.75 Å². The Hall–Kier alpha value is -2.38. The molecule has 0 bridgehead atoms. The van der Waals surface area contributed by atoms with E-state index in [0.717, 1.165) is 16.9 Å². The van der Waals surface area contributed by atoms with Crippen molar-refractivity contribution in [3.63, 3.8) is 0 Å². The van der Waals surface area contributed by atoms with Gasteiger partial charge in [0.05, 0.1) is 13.4 Å². The molecule has 0 atom stereocenters. The van der Waals surface area contributed by atoms with Gasteiger partial charge in [-0.3, -0.25) is 4.79 Å². The predicted molar refractivity (Wildman–Crippen MR) is 106 cm³/mol. The van der Waals surface area contributed by atoms with E-state index in [0.29, 0.717) is 19.5 Å². The first-order valence-corrected chi connectivity index (χ1v) is 10.6. The Kier molecular flexibility index (Phi) is 7.82. The summed E-state index contributed by atoms with van der Waals surface area (Å²) in [6, 6.07) is 17.1. The molecule has 2 aromatic carbocycles. The first kappa shape index (κ1) is 20.9. The Morgan fingerprint density at radius 2 is 1.67 bits per heavy atom. The quantitative estimate of drug-likeness (QED) is 0.675. The lowest BCUT2D eigenvalue weighted by Gasteiger charge is -2.19. The summed E-state index contributed by atoms with van der Waals surface area (Å²) in [6.45, 7) is 0.928. The number of sulfonamides is 1. The molecule has 0 radical (unpaired) electrons. The zero-order chi connectivity index (χ0) is 19.7. The Labute approximate surface area is 161 Å². The van der Waals surface area contributed by atoms with Crippen molar-refractivity contribution in [3.05, 3.63) is 65.7 Å². The number of carbonyl (C=O) groups excluding carboxylic acids is 1. The van der Waals surface area contributed by atoms with Crippen LogP contribution in [-0.2, 0) is 27.8 Å². The number of benzene rings is 2. The molecule has 6 nitrogen and oxygen atoms in total. The fraction of sp³-hybridized carbons (Fsp3) is 0.350. The Balaban J connectivity index is 1.83. The second-order valence-corrected chi connectivity index (χ2v) is 8.25. The monoisotopic (exact) mass is 390 g/mol. The number of rotatable bonds is 10. The van der Waals surface area contributed by atoms with E-state index in [2.05, 4.69) is 5.32 Å². The van der Waals surface area contributed by atoms with Crippen LogP contribution in [0.3, 0.4) is 0 Å². The highest BCUT2D eigenvalue weighted by Gasteiger charge is 2.17. The minimum atomic E-state index is -3.38. The van der Waals surface area contributed by atoms with Gasteiger partial charge >= 0.3 is 0 Å². The summed E-state index contributed by atoms with van der Waals surface area (Å²) >= 11 is 0. The molecule has 0 aromatic heterocycles. The molecule has 0 heterocycles. The average molecular weight is 391 g/mol. The maximum absolute atomic E-state index is 12.0. The van der Waals surface area contributed by atoms with Gasteiger partial charge in [-0.05, 0) is 29.7 Å². The third-order valence-corrected chi connectivity index (χ3v) is 5.50. The Bertz CT molecular complexity index is 821. The van der Waals surface area contributed by atoms with Gasteiger partial charge in [-0.25, -0.2) is 12.7 Å². The molecule has 0 saturated heterocycles. The highest BCUT2D eigenvalue weighted by Crippen LogP contribution is 2.12. The molecule has 0 aliphatic rings. The zero-order valence-corrected chi connectivity index (χ0v) is 16.5. The molecule has 0 saturated carbocycles. The number of hydrogen-bond acceptors (Lipinski definition) is 4. The van der Waals surface area contributed by atoms with Crippen LogP contribution in [0.1, 0.15) is 17.5 Å². The molecule has 0 aliphatic heterocycles. The summed E-state index contributed by atoms with van der Waals surface area (Å²) in [7, 11) is -1.78. The maximum Gasteiger partial charge on any atom is 0.221 e. The molecule has 7 heteroatoms. The third kappa shape index (κ3) is 7.40. The summed E-state index contributed by atoms with van der Waals surface area (Å²) < 4.78 is 30.5. The molecule has 1 amide bonds. The lowest BCUT2D eigenvalue weighted by Crippen LogP contribution is -2.35. The topological polar surface area (TPSA) is 75.7 Å². The van der Waals surface area contributed by atoms with Crippen LogP contribution in [0.15, 0.2) is 54.6 Å².